The predicted molar refractivity (Wildman–Crippen MR) is 155 cm³/mol. The van der Waals surface area contributed by atoms with Gasteiger partial charge in [-0.05, 0) is 71.7 Å². The van der Waals surface area contributed by atoms with E-state index in [1.807, 2.05) is 36.6 Å². The maximum atomic E-state index is 10.5. The summed E-state index contributed by atoms with van der Waals surface area (Å²) in [5.41, 5.74) is 3.95. The van der Waals surface area contributed by atoms with Gasteiger partial charge in [-0.25, -0.2) is 0 Å². The highest BCUT2D eigenvalue weighted by atomic mass is 79.9. The van der Waals surface area contributed by atoms with Gasteiger partial charge in [-0.3, -0.25) is 0 Å². The van der Waals surface area contributed by atoms with Gasteiger partial charge >= 0.3 is 0 Å². The topological polar surface area (TPSA) is 57.2 Å². The third-order valence-electron chi connectivity index (χ3n) is 5.74. The molecule has 0 bridgehead atoms. The number of rotatable bonds is 13. The van der Waals surface area contributed by atoms with E-state index in [9.17, 15) is 5.11 Å². The summed E-state index contributed by atoms with van der Waals surface area (Å²) in [6.07, 6.45) is 7.45. The second-order valence-corrected chi connectivity index (χ2v) is 13.0. The fourth-order valence-corrected chi connectivity index (χ4v) is 6.69. The molecule has 2 aliphatic rings. The molecular formula is C27H30Br2O5S2. The maximum absolute atomic E-state index is 10.5. The molecule has 0 fully saturated rings. The first-order chi connectivity index (χ1) is 17.6. The largest absolute Gasteiger partial charge is 0.493 e. The van der Waals surface area contributed by atoms with Gasteiger partial charge in [0.05, 0.1) is 17.4 Å². The fraction of sp³-hybridized carbons (Fsp3) is 0.407. The molecule has 0 amide bonds. The van der Waals surface area contributed by atoms with Crippen molar-refractivity contribution in [1.82, 2.24) is 0 Å². The van der Waals surface area contributed by atoms with Crippen molar-refractivity contribution in [1.29, 1.82) is 0 Å². The van der Waals surface area contributed by atoms with Crippen LogP contribution in [0.4, 0.5) is 0 Å². The van der Waals surface area contributed by atoms with Gasteiger partial charge in [0.2, 0.25) is 0 Å². The molecule has 2 unspecified atom stereocenters. The minimum atomic E-state index is -0.520. The lowest BCUT2D eigenvalue weighted by Gasteiger charge is -2.21. The Kier molecular flexibility index (Phi) is 10.9. The zero-order valence-corrected chi connectivity index (χ0v) is 24.9. The summed E-state index contributed by atoms with van der Waals surface area (Å²) in [5, 5.41) is 14.6. The molecule has 1 aromatic carbocycles. The van der Waals surface area contributed by atoms with Gasteiger partial charge in [-0.15, -0.1) is 23.1 Å². The Bertz CT molecular complexity index is 1110. The van der Waals surface area contributed by atoms with E-state index in [1.54, 1.807) is 23.1 Å². The zero-order chi connectivity index (χ0) is 25.3. The molecule has 9 heteroatoms. The number of aliphatic hydroxyl groups excluding tert-OH is 1. The molecule has 194 valence electrons. The van der Waals surface area contributed by atoms with Crippen LogP contribution in [0.1, 0.15) is 32.6 Å². The average molecular weight is 658 g/mol. The summed E-state index contributed by atoms with van der Waals surface area (Å²) in [4.78, 5) is 0. The van der Waals surface area contributed by atoms with Gasteiger partial charge in [0.1, 0.15) is 21.4 Å². The molecule has 2 aromatic rings. The van der Waals surface area contributed by atoms with Crippen LogP contribution in [0.5, 0.6) is 11.5 Å². The predicted octanol–water partition coefficient (Wildman–Crippen LogP) is 8.04. The minimum absolute atomic E-state index is 0.000823. The summed E-state index contributed by atoms with van der Waals surface area (Å²) in [6.45, 7) is 3.95. The normalized spacial score (nSPS) is 19.5. The number of thioether (sulfide) groups is 1. The van der Waals surface area contributed by atoms with Crippen LogP contribution in [0, 0.1) is 0 Å². The van der Waals surface area contributed by atoms with Gasteiger partial charge in [-0.1, -0.05) is 40.2 Å². The summed E-state index contributed by atoms with van der Waals surface area (Å²) in [5.74, 6) is 2.48. The first-order valence-electron chi connectivity index (χ1n) is 12.0. The highest BCUT2D eigenvalue weighted by molar-refractivity contribution is 9.11. The van der Waals surface area contributed by atoms with Crippen LogP contribution in [-0.2, 0) is 9.47 Å². The quantitative estimate of drug-likeness (QED) is 0.134. The number of halogens is 2. The van der Waals surface area contributed by atoms with Crippen LogP contribution in [0.25, 0.3) is 11.1 Å². The Balaban J connectivity index is 1.27. The molecule has 1 aromatic heterocycles. The third kappa shape index (κ3) is 6.99. The van der Waals surface area contributed by atoms with Gasteiger partial charge in [0, 0.05) is 28.7 Å². The van der Waals surface area contributed by atoms with Crippen molar-refractivity contribution in [3.8, 4) is 22.6 Å². The monoisotopic (exact) mass is 656 g/mol. The number of alkyl halides is 1. The fourth-order valence-electron chi connectivity index (χ4n) is 3.91. The van der Waals surface area contributed by atoms with Crippen molar-refractivity contribution < 1.29 is 24.1 Å². The van der Waals surface area contributed by atoms with Crippen molar-refractivity contribution in [2.45, 2.75) is 42.9 Å². The molecular weight excluding hydrogens is 628 g/mol. The summed E-state index contributed by atoms with van der Waals surface area (Å²) in [7, 11) is 0. The number of aliphatic hydroxyl groups is 1. The van der Waals surface area contributed by atoms with Crippen LogP contribution in [-0.4, -0.2) is 42.0 Å². The third-order valence-corrected chi connectivity index (χ3v) is 9.46. The van der Waals surface area contributed by atoms with E-state index in [0.717, 1.165) is 69.0 Å². The van der Waals surface area contributed by atoms with Gasteiger partial charge in [0.25, 0.3) is 0 Å². The first-order valence-corrected chi connectivity index (χ1v) is 15.5. The van der Waals surface area contributed by atoms with E-state index in [-0.39, 0.29) is 11.0 Å². The summed E-state index contributed by atoms with van der Waals surface area (Å²) in [6, 6.07) is 8.02. The standard InChI is InChI=1S/C27H30Br2O5S2/c1-2-31-17-34-25-21(16-36-27(25)29)19-10-4-6-12-23(19)33-14-8-7-13-32-22-11-5-3-9-18(22)20-15-35-26(28)24(20)30/h4,6,9-12,15-16,24,26,30H,2-3,5,7-8,13-14,17H2,1H3. The molecule has 0 saturated heterocycles. The minimum Gasteiger partial charge on any atom is -0.493 e. The molecule has 5 nitrogen and oxygen atoms in total. The van der Waals surface area contributed by atoms with E-state index in [2.05, 4.69) is 49.4 Å². The van der Waals surface area contributed by atoms with E-state index in [1.165, 1.54) is 0 Å². The SMILES string of the molecule is CCOCOc1c(-c2ccccc2OCCCCOC2=CCCC=C2C2=CSC(Br)C2O)csc1Br. The Morgan fingerprint density at radius 3 is 2.58 bits per heavy atom. The number of benzene rings is 1. The van der Waals surface area contributed by atoms with Crippen molar-refractivity contribution in [2.24, 2.45) is 0 Å². The number of hydrogen-bond acceptors (Lipinski definition) is 7. The molecule has 2 heterocycles. The number of hydrogen-bond donors (Lipinski definition) is 1. The van der Waals surface area contributed by atoms with Crippen molar-refractivity contribution in [3.05, 3.63) is 67.9 Å². The number of allylic oxidation sites excluding steroid dienone is 3. The van der Waals surface area contributed by atoms with Crippen molar-refractivity contribution in [2.75, 3.05) is 26.6 Å². The Hall–Kier alpha value is -1.23. The van der Waals surface area contributed by atoms with E-state index in [0.29, 0.717) is 19.8 Å². The summed E-state index contributed by atoms with van der Waals surface area (Å²) < 4.78 is 24.5. The van der Waals surface area contributed by atoms with Gasteiger partial charge < -0.3 is 24.1 Å². The maximum Gasteiger partial charge on any atom is 0.189 e. The van der Waals surface area contributed by atoms with E-state index < -0.39 is 6.10 Å². The number of unbranched alkanes of at least 4 members (excludes halogenated alkanes) is 1. The average Bonchev–Trinajstić information content (AvgIpc) is 3.43. The summed E-state index contributed by atoms with van der Waals surface area (Å²) >= 11 is 10.3. The van der Waals surface area contributed by atoms with E-state index >= 15 is 0 Å². The number of para-hydroxylation sites is 1. The second-order valence-electron chi connectivity index (χ2n) is 8.18. The zero-order valence-electron chi connectivity index (χ0n) is 20.1. The van der Waals surface area contributed by atoms with E-state index in [4.69, 9.17) is 18.9 Å². The molecule has 1 aliphatic heterocycles. The van der Waals surface area contributed by atoms with Crippen LogP contribution >= 0.6 is 55.0 Å². The second kappa shape index (κ2) is 14.1. The number of thiophene rings is 1. The smallest absolute Gasteiger partial charge is 0.189 e. The van der Waals surface area contributed by atoms with Gasteiger partial charge in [0.15, 0.2) is 12.5 Å². The molecule has 0 saturated carbocycles. The molecule has 2 atom stereocenters. The lowest BCUT2D eigenvalue weighted by atomic mass is 9.96. The molecule has 1 aliphatic carbocycles. The Morgan fingerprint density at radius 1 is 1.03 bits per heavy atom. The van der Waals surface area contributed by atoms with Gasteiger partial charge in [-0.2, -0.15) is 0 Å². The van der Waals surface area contributed by atoms with Crippen LogP contribution in [0.3, 0.4) is 0 Å². The highest BCUT2D eigenvalue weighted by Gasteiger charge is 2.31. The highest BCUT2D eigenvalue weighted by Crippen LogP contribution is 2.45. The lowest BCUT2D eigenvalue weighted by molar-refractivity contribution is 0.0226. The Labute approximate surface area is 237 Å². The van der Waals surface area contributed by atoms with Crippen LogP contribution in [0.15, 0.2) is 67.9 Å². The van der Waals surface area contributed by atoms with Crippen molar-refractivity contribution >= 4 is 55.0 Å². The van der Waals surface area contributed by atoms with Crippen LogP contribution < -0.4 is 9.47 Å². The molecule has 36 heavy (non-hydrogen) atoms. The number of ether oxygens (including phenoxy) is 4. The molecule has 0 spiro atoms. The first kappa shape index (κ1) is 27.8. The molecule has 1 N–H and O–H groups in total. The van der Waals surface area contributed by atoms with Crippen LogP contribution in [0.2, 0.25) is 0 Å². The lowest BCUT2D eigenvalue weighted by Crippen LogP contribution is -2.18. The molecule has 0 radical (unpaired) electrons. The van der Waals surface area contributed by atoms with Crippen molar-refractivity contribution in [3.63, 3.8) is 0 Å². The molecule has 4 rings (SSSR count). The Morgan fingerprint density at radius 2 is 1.81 bits per heavy atom.